The summed E-state index contributed by atoms with van der Waals surface area (Å²) in [6.07, 6.45) is 3.62. The molecule has 0 aromatic carbocycles. The number of ether oxygens (including phenoxy) is 1. The third-order valence-corrected chi connectivity index (χ3v) is 4.11. The van der Waals surface area contributed by atoms with Gasteiger partial charge in [-0.25, -0.2) is 0 Å². The molecule has 1 heterocycles. The van der Waals surface area contributed by atoms with Crippen LogP contribution in [0.25, 0.3) is 0 Å². The molecule has 0 spiro atoms. The van der Waals surface area contributed by atoms with E-state index in [-0.39, 0.29) is 18.1 Å². The number of carbonyl (C=O) groups excluding carboxylic acids is 1. The minimum atomic E-state index is -0.00778. The molecule has 2 aliphatic rings. The molecule has 0 aromatic rings. The molecule has 1 aliphatic heterocycles. The third kappa shape index (κ3) is 2.33. The maximum absolute atomic E-state index is 12.4. The molecule has 4 nitrogen and oxygen atoms in total. The molecule has 0 aromatic heterocycles. The van der Waals surface area contributed by atoms with Gasteiger partial charge in [-0.05, 0) is 32.1 Å². The highest BCUT2D eigenvalue weighted by Gasteiger charge is 2.43. The summed E-state index contributed by atoms with van der Waals surface area (Å²) in [6, 6.07) is 0.352. The van der Waals surface area contributed by atoms with Crippen LogP contribution in [0.3, 0.4) is 0 Å². The van der Waals surface area contributed by atoms with E-state index in [0.29, 0.717) is 18.1 Å². The highest BCUT2D eigenvalue weighted by molar-refractivity contribution is 5.84. The molecular weight excluding hydrogens is 216 g/mol. The van der Waals surface area contributed by atoms with Crippen molar-refractivity contribution in [2.24, 2.45) is 5.92 Å². The fourth-order valence-corrected chi connectivity index (χ4v) is 3.12. The Kier molecular flexibility index (Phi) is 3.73. The van der Waals surface area contributed by atoms with E-state index in [9.17, 15) is 4.79 Å². The van der Waals surface area contributed by atoms with E-state index < -0.39 is 0 Å². The molecule has 1 saturated heterocycles. The Hall–Kier alpha value is -0.610. The maximum Gasteiger partial charge on any atom is 0.241 e. The number of carbonyl (C=O) groups is 1. The lowest BCUT2D eigenvalue weighted by atomic mass is 10.0. The summed E-state index contributed by atoms with van der Waals surface area (Å²) >= 11 is 0. The fraction of sp³-hybridized carbons (Fsp3) is 0.923. The van der Waals surface area contributed by atoms with Crippen molar-refractivity contribution in [2.45, 2.75) is 64.4 Å². The Morgan fingerprint density at radius 2 is 2.12 bits per heavy atom. The largest absolute Gasteiger partial charge is 0.381 e. The molecule has 2 fully saturated rings. The van der Waals surface area contributed by atoms with E-state index in [1.807, 2.05) is 4.90 Å². The lowest BCUT2D eigenvalue weighted by Gasteiger charge is -2.28. The van der Waals surface area contributed by atoms with Gasteiger partial charge >= 0.3 is 0 Å². The molecule has 1 saturated carbocycles. The van der Waals surface area contributed by atoms with Crippen LogP contribution in [0.2, 0.25) is 0 Å². The SMILES string of the molecule is COC1CCC(N2C(=O)C(C(C)C)NC2C)C1. The molecule has 0 bridgehead atoms. The normalized spacial score (nSPS) is 38.4. The molecule has 0 radical (unpaired) electrons. The highest BCUT2D eigenvalue weighted by Crippen LogP contribution is 2.30. The topological polar surface area (TPSA) is 41.6 Å². The predicted molar refractivity (Wildman–Crippen MR) is 66.5 cm³/mol. The van der Waals surface area contributed by atoms with Gasteiger partial charge in [0.15, 0.2) is 0 Å². The van der Waals surface area contributed by atoms with Crippen LogP contribution in [-0.2, 0) is 9.53 Å². The predicted octanol–water partition coefficient (Wildman–Crippen LogP) is 1.36. The van der Waals surface area contributed by atoms with Crippen LogP contribution in [0.4, 0.5) is 0 Å². The van der Waals surface area contributed by atoms with Gasteiger partial charge in [0.25, 0.3) is 0 Å². The quantitative estimate of drug-likeness (QED) is 0.810. The van der Waals surface area contributed by atoms with Crippen molar-refractivity contribution >= 4 is 5.91 Å². The van der Waals surface area contributed by atoms with Crippen LogP contribution in [0.1, 0.15) is 40.0 Å². The minimum absolute atomic E-state index is 0.00778. The summed E-state index contributed by atoms with van der Waals surface area (Å²) in [5, 5.41) is 3.40. The lowest BCUT2D eigenvalue weighted by Crippen LogP contribution is -2.42. The number of methoxy groups -OCH3 is 1. The summed E-state index contributed by atoms with van der Waals surface area (Å²) in [5.74, 6) is 0.629. The molecule has 4 unspecified atom stereocenters. The zero-order valence-corrected chi connectivity index (χ0v) is 11.3. The lowest BCUT2D eigenvalue weighted by molar-refractivity contribution is -0.132. The number of amides is 1. The van der Waals surface area contributed by atoms with E-state index in [4.69, 9.17) is 4.74 Å². The molecule has 2 rings (SSSR count). The second-order valence-electron chi connectivity index (χ2n) is 5.63. The Balaban J connectivity index is 2.04. The van der Waals surface area contributed by atoms with Gasteiger partial charge in [0, 0.05) is 13.2 Å². The van der Waals surface area contributed by atoms with Gasteiger partial charge in [0.1, 0.15) is 0 Å². The van der Waals surface area contributed by atoms with Crippen LogP contribution in [0, 0.1) is 5.92 Å². The van der Waals surface area contributed by atoms with E-state index >= 15 is 0 Å². The van der Waals surface area contributed by atoms with Gasteiger partial charge in [0.2, 0.25) is 5.91 Å². The number of hydrogen-bond donors (Lipinski definition) is 1. The number of hydrogen-bond acceptors (Lipinski definition) is 3. The van der Waals surface area contributed by atoms with Crippen molar-refractivity contribution in [2.75, 3.05) is 7.11 Å². The fourth-order valence-electron chi connectivity index (χ4n) is 3.12. The van der Waals surface area contributed by atoms with Crippen LogP contribution in [-0.4, -0.2) is 42.3 Å². The van der Waals surface area contributed by atoms with E-state index in [1.165, 1.54) is 0 Å². The zero-order chi connectivity index (χ0) is 12.6. The van der Waals surface area contributed by atoms with E-state index in [1.54, 1.807) is 7.11 Å². The smallest absolute Gasteiger partial charge is 0.241 e. The second kappa shape index (κ2) is 4.94. The van der Waals surface area contributed by atoms with Crippen molar-refractivity contribution < 1.29 is 9.53 Å². The summed E-state index contributed by atoms with van der Waals surface area (Å²) in [6.45, 7) is 6.27. The number of nitrogens with one attached hydrogen (secondary N) is 1. The first-order valence-corrected chi connectivity index (χ1v) is 6.65. The Morgan fingerprint density at radius 3 is 2.59 bits per heavy atom. The van der Waals surface area contributed by atoms with Gasteiger partial charge in [-0.3, -0.25) is 10.1 Å². The molecule has 17 heavy (non-hydrogen) atoms. The third-order valence-electron chi connectivity index (χ3n) is 4.11. The molecule has 1 aliphatic carbocycles. The summed E-state index contributed by atoms with van der Waals surface area (Å²) < 4.78 is 5.39. The van der Waals surface area contributed by atoms with Crippen molar-refractivity contribution in [3.05, 3.63) is 0 Å². The van der Waals surface area contributed by atoms with Gasteiger partial charge < -0.3 is 9.64 Å². The van der Waals surface area contributed by atoms with Gasteiger partial charge in [-0.15, -0.1) is 0 Å². The van der Waals surface area contributed by atoms with Crippen molar-refractivity contribution in [1.82, 2.24) is 10.2 Å². The van der Waals surface area contributed by atoms with E-state index in [0.717, 1.165) is 19.3 Å². The minimum Gasteiger partial charge on any atom is -0.381 e. The Labute approximate surface area is 104 Å². The maximum atomic E-state index is 12.4. The molecular formula is C13H24N2O2. The van der Waals surface area contributed by atoms with Gasteiger partial charge in [-0.1, -0.05) is 13.8 Å². The molecule has 1 amide bonds. The summed E-state index contributed by atoms with van der Waals surface area (Å²) in [5.41, 5.74) is 0. The average Bonchev–Trinajstić information content (AvgIpc) is 2.83. The highest BCUT2D eigenvalue weighted by atomic mass is 16.5. The number of rotatable bonds is 3. The monoisotopic (exact) mass is 240 g/mol. The van der Waals surface area contributed by atoms with Crippen LogP contribution < -0.4 is 5.32 Å². The zero-order valence-electron chi connectivity index (χ0n) is 11.3. The van der Waals surface area contributed by atoms with Gasteiger partial charge in [0.05, 0.1) is 18.3 Å². The summed E-state index contributed by atoms with van der Waals surface area (Å²) in [7, 11) is 1.76. The first-order valence-electron chi connectivity index (χ1n) is 6.65. The van der Waals surface area contributed by atoms with E-state index in [2.05, 4.69) is 26.1 Å². The second-order valence-corrected chi connectivity index (χ2v) is 5.63. The molecule has 98 valence electrons. The standard InChI is InChI=1S/C13H24N2O2/c1-8(2)12-13(16)15(9(3)14-12)10-5-6-11(7-10)17-4/h8-12,14H,5-7H2,1-4H3. The molecule has 4 heteroatoms. The Bertz CT molecular complexity index is 293. The summed E-state index contributed by atoms with van der Waals surface area (Å²) in [4.78, 5) is 14.4. The van der Waals surface area contributed by atoms with Crippen molar-refractivity contribution in [3.8, 4) is 0 Å². The van der Waals surface area contributed by atoms with Crippen LogP contribution in [0.15, 0.2) is 0 Å². The number of nitrogens with zero attached hydrogens (tertiary/aromatic N) is 1. The van der Waals surface area contributed by atoms with Crippen molar-refractivity contribution in [1.29, 1.82) is 0 Å². The molecule has 1 N–H and O–H groups in total. The first kappa shape index (κ1) is 12.8. The van der Waals surface area contributed by atoms with Crippen molar-refractivity contribution in [3.63, 3.8) is 0 Å². The van der Waals surface area contributed by atoms with Gasteiger partial charge in [-0.2, -0.15) is 0 Å². The first-order chi connectivity index (χ1) is 8.04. The average molecular weight is 240 g/mol. The van der Waals surface area contributed by atoms with Crippen LogP contribution >= 0.6 is 0 Å². The molecule has 4 atom stereocenters. The Morgan fingerprint density at radius 1 is 1.41 bits per heavy atom. The van der Waals surface area contributed by atoms with Crippen LogP contribution in [0.5, 0.6) is 0 Å².